The molecule has 3 rings (SSSR count). The first-order valence-electron chi connectivity index (χ1n) is 8.86. The van der Waals surface area contributed by atoms with Crippen molar-refractivity contribution in [3.63, 3.8) is 0 Å². The van der Waals surface area contributed by atoms with E-state index < -0.39 is 0 Å². The Morgan fingerprint density at radius 2 is 2.08 bits per heavy atom. The van der Waals surface area contributed by atoms with Gasteiger partial charge in [0.2, 0.25) is 5.91 Å². The highest BCUT2D eigenvalue weighted by molar-refractivity contribution is 5.92. The van der Waals surface area contributed by atoms with Crippen LogP contribution < -0.4 is 10.6 Å². The average Bonchev–Trinajstić information content (AvgIpc) is 3.01. The number of benzene rings is 1. The van der Waals surface area contributed by atoms with Gasteiger partial charge in [-0.25, -0.2) is 4.98 Å². The molecule has 0 aliphatic carbocycles. The molecule has 7 heteroatoms. The zero-order valence-electron chi connectivity index (χ0n) is 15.6. The van der Waals surface area contributed by atoms with E-state index in [0.29, 0.717) is 12.5 Å². The summed E-state index contributed by atoms with van der Waals surface area (Å²) in [4.78, 5) is 19.1. The van der Waals surface area contributed by atoms with E-state index in [1.54, 1.807) is 6.20 Å². The topological polar surface area (TPSA) is 62.2 Å². The average molecular weight is 378 g/mol. The van der Waals surface area contributed by atoms with Crippen LogP contribution in [0.15, 0.2) is 36.7 Å². The molecule has 26 heavy (non-hydrogen) atoms. The second-order valence-corrected chi connectivity index (χ2v) is 6.91. The summed E-state index contributed by atoms with van der Waals surface area (Å²) < 4.78 is 2.02. The Hall–Kier alpha value is -1.89. The van der Waals surface area contributed by atoms with Gasteiger partial charge in [-0.3, -0.25) is 9.69 Å². The number of nitrogens with zero attached hydrogens (tertiary/aromatic N) is 3. The molecule has 1 aliphatic rings. The number of aromatic nitrogens is 2. The lowest BCUT2D eigenvalue weighted by Crippen LogP contribution is -2.49. The van der Waals surface area contributed by atoms with Crippen LogP contribution in [-0.2, 0) is 11.8 Å². The molecule has 1 aliphatic heterocycles. The first-order valence-corrected chi connectivity index (χ1v) is 8.86. The van der Waals surface area contributed by atoms with Crippen molar-refractivity contribution in [1.82, 2.24) is 19.8 Å². The minimum Gasteiger partial charge on any atom is -0.337 e. The fraction of sp³-hybridized carbons (Fsp3) is 0.474. The quantitative estimate of drug-likeness (QED) is 0.840. The molecule has 0 saturated carbocycles. The van der Waals surface area contributed by atoms with Crippen LogP contribution in [0.3, 0.4) is 0 Å². The number of piperazine rings is 1. The third-order valence-electron chi connectivity index (χ3n) is 4.72. The number of nitrogens with one attached hydrogen (secondary N) is 2. The maximum Gasteiger partial charge on any atom is 0.238 e. The summed E-state index contributed by atoms with van der Waals surface area (Å²) in [6, 6.07) is 8.20. The highest BCUT2D eigenvalue weighted by atomic mass is 35.5. The molecule has 0 bridgehead atoms. The van der Waals surface area contributed by atoms with E-state index in [9.17, 15) is 4.79 Å². The van der Waals surface area contributed by atoms with E-state index in [0.717, 1.165) is 31.1 Å². The molecule has 0 spiro atoms. The predicted molar refractivity (Wildman–Crippen MR) is 107 cm³/mol. The Bertz CT molecular complexity index is 713. The van der Waals surface area contributed by atoms with Crippen LogP contribution in [0.5, 0.6) is 0 Å². The van der Waals surface area contributed by atoms with Crippen molar-refractivity contribution in [2.45, 2.75) is 25.8 Å². The summed E-state index contributed by atoms with van der Waals surface area (Å²) in [6.07, 6.45) is 3.75. The number of amides is 1. The molecule has 1 aromatic carbocycles. The summed E-state index contributed by atoms with van der Waals surface area (Å²) in [5.74, 6) is 1.49. The van der Waals surface area contributed by atoms with E-state index in [1.165, 1.54) is 5.56 Å². The summed E-state index contributed by atoms with van der Waals surface area (Å²) >= 11 is 0. The highest BCUT2D eigenvalue weighted by Crippen LogP contribution is 2.21. The Kier molecular flexibility index (Phi) is 7.20. The van der Waals surface area contributed by atoms with Gasteiger partial charge in [-0.15, -0.1) is 12.4 Å². The number of rotatable bonds is 5. The Morgan fingerprint density at radius 3 is 2.69 bits per heavy atom. The maximum atomic E-state index is 12.5. The normalized spacial score (nSPS) is 17.8. The molecular formula is C19H28ClN5O. The van der Waals surface area contributed by atoms with Crippen LogP contribution >= 0.6 is 12.4 Å². The third kappa shape index (κ3) is 4.84. The molecule has 142 valence electrons. The molecule has 1 amide bonds. The third-order valence-corrected chi connectivity index (χ3v) is 4.72. The fourth-order valence-electron chi connectivity index (χ4n) is 3.22. The number of halogens is 1. The molecule has 2 aromatic rings. The van der Waals surface area contributed by atoms with Gasteiger partial charge in [-0.2, -0.15) is 0 Å². The van der Waals surface area contributed by atoms with Crippen molar-refractivity contribution in [2.75, 3.05) is 31.5 Å². The van der Waals surface area contributed by atoms with E-state index >= 15 is 0 Å². The van der Waals surface area contributed by atoms with Gasteiger partial charge >= 0.3 is 0 Å². The fourth-order valence-corrected chi connectivity index (χ4v) is 3.22. The van der Waals surface area contributed by atoms with E-state index in [-0.39, 0.29) is 24.4 Å². The van der Waals surface area contributed by atoms with Crippen molar-refractivity contribution in [1.29, 1.82) is 0 Å². The molecule has 1 saturated heterocycles. The SMILES string of the molecule is CC(C)c1ccc(NC(=O)CN2CCNCC2c2nccn2C)cc1.Cl. The van der Waals surface area contributed by atoms with Crippen molar-refractivity contribution < 1.29 is 4.79 Å². The number of imidazole rings is 1. The van der Waals surface area contributed by atoms with E-state index in [2.05, 4.69) is 46.5 Å². The standard InChI is InChI=1S/C19H27N5O.ClH/c1-14(2)15-4-6-16(7-5-15)22-18(25)13-24-11-8-20-12-17(24)19-21-9-10-23(19)3;/h4-7,9-10,14,17,20H,8,11-13H2,1-3H3,(H,22,25);1H. The lowest BCUT2D eigenvalue weighted by Gasteiger charge is -2.35. The minimum atomic E-state index is 0. The molecule has 2 N–H and O–H groups in total. The van der Waals surface area contributed by atoms with Crippen LogP contribution in [-0.4, -0.2) is 46.5 Å². The number of carbonyl (C=O) groups excluding carboxylic acids is 1. The van der Waals surface area contributed by atoms with Crippen LogP contribution in [0.1, 0.15) is 37.2 Å². The molecule has 1 atom stereocenters. The van der Waals surface area contributed by atoms with E-state index in [4.69, 9.17) is 0 Å². The van der Waals surface area contributed by atoms with E-state index in [1.807, 2.05) is 29.9 Å². The molecule has 6 nitrogen and oxygen atoms in total. The van der Waals surface area contributed by atoms with Gasteiger partial charge in [0, 0.05) is 44.8 Å². The Morgan fingerprint density at radius 1 is 1.35 bits per heavy atom. The number of aryl methyl sites for hydroxylation is 1. The van der Waals surface area contributed by atoms with Gasteiger partial charge in [-0.05, 0) is 23.6 Å². The summed E-state index contributed by atoms with van der Waals surface area (Å²) in [7, 11) is 1.99. The van der Waals surface area contributed by atoms with Crippen LogP contribution in [0, 0.1) is 0 Å². The minimum absolute atomic E-state index is 0. The molecule has 1 aromatic heterocycles. The zero-order valence-corrected chi connectivity index (χ0v) is 16.4. The molecule has 2 heterocycles. The van der Waals surface area contributed by atoms with Crippen LogP contribution in [0.25, 0.3) is 0 Å². The molecule has 1 unspecified atom stereocenters. The molecule has 0 radical (unpaired) electrons. The van der Waals surface area contributed by atoms with Gasteiger partial charge < -0.3 is 15.2 Å². The highest BCUT2D eigenvalue weighted by Gasteiger charge is 2.28. The predicted octanol–water partition coefficient (Wildman–Crippen LogP) is 2.55. The number of carbonyl (C=O) groups is 1. The van der Waals surface area contributed by atoms with Gasteiger partial charge in [0.1, 0.15) is 5.82 Å². The van der Waals surface area contributed by atoms with Crippen LogP contribution in [0.4, 0.5) is 5.69 Å². The van der Waals surface area contributed by atoms with Crippen LogP contribution in [0.2, 0.25) is 0 Å². The van der Waals surface area contributed by atoms with Crippen molar-refractivity contribution in [3.8, 4) is 0 Å². The van der Waals surface area contributed by atoms with Gasteiger partial charge in [-0.1, -0.05) is 26.0 Å². The molecule has 1 fully saturated rings. The Labute approximate surface area is 161 Å². The van der Waals surface area contributed by atoms with Crippen molar-refractivity contribution in [2.24, 2.45) is 7.05 Å². The monoisotopic (exact) mass is 377 g/mol. The summed E-state index contributed by atoms with van der Waals surface area (Å²) in [5.41, 5.74) is 2.12. The summed E-state index contributed by atoms with van der Waals surface area (Å²) in [5, 5.41) is 6.40. The van der Waals surface area contributed by atoms with Gasteiger partial charge in [0.15, 0.2) is 0 Å². The first kappa shape index (κ1) is 20.4. The smallest absolute Gasteiger partial charge is 0.238 e. The number of hydrogen-bond acceptors (Lipinski definition) is 4. The second-order valence-electron chi connectivity index (χ2n) is 6.91. The second kappa shape index (κ2) is 9.16. The zero-order chi connectivity index (χ0) is 17.8. The summed E-state index contributed by atoms with van der Waals surface area (Å²) in [6.45, 7) is 7.21. The lowest BCUT2D eigenvalue weighted by atomic mass is 10.0. The number of hydrogen-bond donors (Lipinski definition) is 2. The number of anilines is 1. The maximum absolute atomic E-state index is 12.5. The van der Waals surface area contributed by atoms with Gasteiger partial charge in [0.05, 0.1) is 12.6 Å². The first-order chi connectivity index (χ1) is 12.0. The Balaban J connectivity index is 0.00000243. The van der Waals surface area contributed by atoms with Gasteiger partial charge in [0.25, 0.3) is 0 Å². The van der Waals surface area contributed by atoms with Crippen molar-refractivity contribution >= 4 is 24.0 Å². The van der Waals surface area contributed by atoms with Crippen molar-refractivity contribution in [3.05, 3.63) is 48.0 Å². The lowest BCUT2D eigenvalue weighted by molar-refractivity contribution is -0.118. The largest absolute Gasteiger partial charge is 0.337 e. The molecular weight excluding hydrogens is 350 g/mol.